The molecule has 1 saturated carbocycles. The van der Waals surface area contributed by atoms with E-state index in [0.717, 1.165) is 39.9 Å². The van der Waals surface area contributed by atoms with Crippen molar-refractivity contribution in [1.82, 2.24) is 29.5 Å². The summed E-state index contributed by atoms with van der Waals surface area (Å²) >= 11 is 1.49. The van der Waals surface area contributed by atoms with E-state index < -0.39 is 0 Å². The minimum atomic E-state index is -0.0969. The van der Waals surface area contributed by atoms with Crippen molar-refractivity contribution >= 4 is 45.3 Å². The number of carbonyl (C=O) groups excluding carboxylic acids is 1. The number of nitrogens with one attached hydrogen (secondary N) is 1. The standard InChI is InChI=1S/C25H22N6O2S/c1-14-7-10-20-18(11-14)24(33)30(2)25-29-28-21(31(20)25)13-34-22-12-17(23(32)26-15-8-9-15)16-5-3-4-6-19(16)27-22/h3-7,10-12,15H,8-9,13H2,1-2H3,(H,26,32). The predicted octanol–water partition coefficient (Wildman–Crippen LogP) is 3.62. The molecule has 2 aromatic carbocycles. The summed E-state index contributed by atoms with van der Waals surface area (Å²) in [4.78, 5) is 30.5. The van der Waals surface area contributed by atoms with Crippen LogP contribution in [0.1, 0.15) is 34.6 Å². The lowest BCUT2D eigenvalue weighted by Gasteiger charge is -2.10. The fourth-order valence-corrected chi connectivity index (χ4v) is 5.02. The van der Waals surface area contributed by atoms with Gasteiger partial charge in [-0.2, -0.15) is 0 Å². The fraction of sp³-hybridized carbons (Fsp3) is 0.240. The fourth-order valence-electron chi connectivity index (χ4n) is 4.19. The van der Waals surface area contributed by atoms with Crippen LogP contribution in [0.3, 0.4) is 0 Å². The Labute approximate surface area is 199 Å². The van der Waals surface area contributed by atoms with Crippen molar-refractivity contribution in [2.24, 2.45) is 7.05 Å². The Hall–Kier alpha value is -3.72. The summed E-state index contributed by atoms with van der Waals surface area (Å²) in [6, 6.07) is 15.6. The molecule has 34 heavy (non-hydrogen) atoms. The van der Waals surface area contributed by atoms with Crippen LogP contribution in [0.5, 0.6) is 0 Å². The van der Waals surface area contributed by atoms with Gasteiger partial charge in [0.25, 0.3) is 11.5 Å². The van der Waals surface area contributed by atoms with Crippen molar-refractivity contribution in [1.29, 1.82) is 0 Å². The SMILES string of the molecule is Cc1ccc2c(c1)c(=O)n(C)c1nnc(CSc3cc(C(=O)NC4CC4)c4ccccc4n3)n21. The van der Waals surface area contributed by atoms with E-state index in [2.05, 4.69) is 15.5 Å². The van der Waals surface area contributed by atoms with Crippen LogP contribution in [0, 0.1) is 6.92 Å². The molecule has 3 aromatic heterocycles. The summed E-state index contributed by atoms with van der Waals surface area (Å²) in [5, 5.41) is 13.9. The van der Waals surface area contributed by atoms with Gasteiger partial charge in [-0.1, -0.05) is 41.6 Å². The summed E-state index contributed by atoms with van der Waals surface area (Å²) in [5.74, 6) is 1.63. The van der Waals surface area contributed by atoms with Gasteiger partial charge in [0.2, 0.25) is 5.78 Å². The molecule has 5 aromatic rings. The number of thioether (sulfide) groups is 1. The van der Waals surface area contributed by atoms with E-state index in [1.165, 1.54) is 16.3 Å². The number of hydrogen-bond donors (Lipinski definition) is 1. The van der Waals surface area contributed by atoms with E-state index in [0.29, 0.717) is 28.3 Å². The van der Waals surface area contributed by atoms with E-state index in [-0.39, 0.29) is 17.5 Å². The molecular weight excluding hydrogens is 448 g/mol. The third-order valence-electron chi connectivity index (χ3n) is 6.14. The highest BCUT2D eigenvalue weighted by atomic mass is 32.2. The van der Waals surface area contributed by atoms with Gasteiger partial charge in [-0.05, 0) is 44.0 Å². The topological polar surface area (TPSA) is 94.2 Å². The van der Waals surface area contributed by atoms with Gasteiger partial charge >= 0.3 is 0 Å². The maximum atomic E-state index is 12.9. The van der Waals surface area contributed by atoms with E-state index in [1.54, 1.807) is 7.05 Å². The zero-order chi connectivity index (χ0) is 23.4. The Morgan fingerprint density at radius 3 is 2.76 bits per heavy atom. The van der Waals surface area contributed by atoms with Crippen molar-refractivity contribution in [2.75, 3.05) is 0 Å². The first-order valence-corrected chi connectivity index (χ1v) is 12.1. The van der Waals surface area contributed by atoms with E-state index in [4.69, 9.17) is 4.98 Å². The second kappa shape index (κ2) is 7.95. The molecule has 0 atom stereocenters. The molecule has 0 radical (unpaired) electrons. The predicted molar refractivity (Wildman–Crippen MR) is 132 cm³/mol. The lowest BCUT2D eigenvalue weighted by molar-refractivity contribution is 0.0952. The second-order valence-electron chi connectivity index (χ2n) is 8.70. The van der Waals surface area contributed by atoms with Gasteiger partial charge in [0.1, 0.15) is 5.82 Å². The van der Waals surface area contributed by atoms with Crippen LogP contribution in [0.2, 0.25) is 0 Å². The molecule has 0 aliphatic heterocycles. The normalized spacial score (nSPS) is 13.7. The maximum Gasteiger partial charge on any atom is 0.262 e. The van der Waals surface area contributed by atoms with Crippen LogP contribution in [0.25, 0.3) is 27.6 Å². The van der Waals surface area contributed by atoms with Crippen molar-refractivity contribution in [3.8, 4) is 0 Å². The molecule has 8 nitrogen and oxygen atoms in total. The molecule has 0 spiro atoms. The third kappa shape index (κ3) is 3.52. The van der Waals surface area contributed by atoms with E-state index in [9.17, 15) is 9.59 Å². The molecule has 1 aliphatic rings. The maximum absolute atomic E-state index is 12.9. The first-order chi connectivity index (χ1) is 16.5. The van der Waals surface area contributed by atoms with Gasteiger partial charge in [-0.15, -0.1) is 10.2 Å². The van der Waals surface area contributed by atoms with Crippen LogP contribution in [-0.4, -0.2) is 36.1 Å². The van der Waals surface area contributed by atoms with E-state index in [1.807, 2.05) is 59.9 Å². The Morgan fingerprint density at radius 2 is 1.94 bits per heavy atom. The molecule has 0 bridgehead atoms. The highest BCUT2D eigenvalue weighted by molar-refractivity contribution is 7.98. The lowest BCUT2D eigenvalue weighted by atomic mass is 10.1. The molecule has 1 N–H and O–H groups in total. The molecule has 0 unspecified atom stereocenters. The number of benzene rings is 2. The minimum Gasteiger partial charge on any atom is -0.349 e. The van der Waals surface area contributed by atoms with Crippen molar-refractivity contribution in [2.45, 2.75) is 36.6 Å². The molecule has 9 heteroatoms. The number of amides is 1. The molecule has 170 valence electrons. The van der Waals surface area contributed by atoms with Gasteiger partial charge in [0.15, 0.2) is 0 Å². The van der Waals surface area contributed by atoms with Gasteiger partial charge in [0, 0.05) is 18.5 Å². The summed E-state index contributed by atoms with van der Waals surface area (Å²) in [7, 11) is 1.71. The number of rotatable bonds is 5. The Balaban J connectivity index is 1.40. The minimum absolute atomic E-state index is 0.0627. The number of para-hydroxylation sites is 1. The van der Waals surface area contributed by atoms with Crippen molar-refractivity contribution in [3.05, 3.63) is 75.8 Å². The van der Waals surface area contributed by atoms with Crippen LogP contribution in [0.15, 0.2) is 58.4 Å². The average molecular weight is 471 g/mol. The molecule has 6 rings (SSSR count). The number of fused-ring (bicyclic) bond motifs is 4. The number of aromatic nitrogens is 5. The summed E-state index contributed by atoms with van der Waals surface area (Å²) in [6.45, 7) is 1.97. The van der Waals surface area contributed by atoms with Gasteiger partial charge in [-0.3, -0.25) is 18.6 Å². The van der Waals surface area contributed by atoms with Gasteiger partial charge in [0.05, 0.1) is 32.8 Å². The highest BCUT2D eigenvalue weighted by Gasteiger charge is 2.25. The zero-order valence-electron chi connectivity index (χ0n) is 18.8. The quantitative estimate of drug-likeness (QED) is 0.394. The molecule has 1 aliphatic carbocycles. The molecule has 3 heterocycles. The number of aryl methyl sites for hydroxylation is 2. The summed E-state index contributed by atoms with van der Waals surface area (Å²) in [6.07, 6.45) is 2.07. The van der Waals surface area contributed by atoms with Crippen molar-refractivity contribution in [3.63, 3.8) is 0 Å². The Kier molecular flexibility index (Phi) is 4.88. The number of nitrogens with zero attached hydrogens (tertiary/aromatic N) is 5. The first-order valence-electron chi connectivity index (χ1n) is 11.2. The Bertz CT molecular complexity index is 1670. The molecule has 1 amide bonds. The first kappa shape index (κ1) is 20.9. The van der Waals surface area contributed by atoms with Crippen LogP contribution >= 0.6 is 11.8 Å². The van der Waals surface area contributed by atoms with Gasteiger partial charge < -0.3 is 5.32 Å². The molecular formula is C25H22N6O2S. The van der Waals surface area contributed by atoms with Crippen LogP contribution in [-0.2, 0) is 12.8 Å². The number of pyridine rings is 1. The summed E-state index contributed by atoms with van der Waals surface area (Å²) in [5.41, 5.74) is 3.11. The number of hydrogen-bond acceptors (Lipinski definition) is 6. The molecule has 0 saturated heterocycles. The van der Waals surface area contributed by atoms with Crippen molar-refractivity contribution < 1.29 is 4.79 Å². The summed E-state index contributed by atoms with van der Waals surface area (Å²) < 4.78 is 3.45. The lowest BCUT2D eigenvalue weighted by Crippen LogP contribution is -2.25. The van der Waals surface area contributed by atoms with Crippen LogP contribution < -0.4 is 10.9 Å². The van der Waals surface area contributed by atoms with E-state index >= 15 is 0 Å². The highest BCUT2D eigenvalue weighted by Crippen LogP contribution is 2.28. The second-order valence-corrected chi connectivity index (χ2v) is 9.69. The third-order valence-corrected chi connectivity index (χ3v) is 7.05. The molecule has 1 fully saturated rings. The zero-order valence-corrected chi connectivity index (χ0v) is 19.6. The smallest absolute Gasteiger partial charge is 0.262 e. The Morgan fingerprint density at radius 1 is 1.12 bits per heavy atom. The van der Waals surface area contributed by atoms with Crippen LogP contribution in [0.4, 0.5) is 0 Å². The average Bonchev–Trinajstić information content (AvgIpc) is 3.56. The largest absolute Gasteiger partial charge is 0.349 e. The van der Waals surface area contributed by atoms with Gasteiger partial charge in [-0.25, -0.2) is 4.98 Å². The number of carbonyl (C=O) groups is 1. The monoisotopic (exact) mass is 470 g/mol.